The molecule has 0 aromatic heterocycles. The van der Waals surface area contributed by atoms with Crippen LogP contribution in [0.1, 0.15) is 19.4 Å². The molecular formula is C15H23BrO4. The van der Waals surface area contributed by atoms with Gasteiger partial charge in [-0.05, 0) is 47.5 Å². The Morgan fingerprint density at radius 1 is 1.25 bits per heavy atom. The lowest BCUT2D eigenvalue weighted by Crippen LogP contribution is -2.15. The van der Waals surface area contributed by atoms with Crippen LogP contribution in [0.25, 0.3) is 0 Å². The summed E-state index contributed by atoms with van der Waals surface area (Å²) in [6, 6.07) is 5.95. The maximum Gasteiger partial charge on any atom is 0.133 e. The lowest BCUT2D eigenvalue weighted by atomic mass is 10.2. The molecule has 0 amide bonds. The fourth-order valence-corrected chi connectivity index (χ4v) is 2.02. The molecule has 0 saturated heterocycles. The third kappa shape index (κ3) is 6.70. The quantitative estimate of drug-likeness (QED) is 0.608. The second-order valence-electron chi connectivity index (χ2n) is 4.39. The number of hydrogen-bond acceptors (Lipinski definition) is 4. The number of methoxy groups -OCH3 is 1. The van der Waals surface area contributed by atoms with Crippen LogP contribution in [0, 0.1) is 0 Å². The van der Waals surface area contributed by atoms with E-state index in [0.29, 0.717) is 33.0 Å². The summed E-state index contributed by atoms with van der Waals surface area (Å²) < 4.78 is 22.6. The van der Waals surface area contributed by atoms with Gasteiger partial charge in [0, 0.05) is 13.7 Å². The smallest absolute Gasteiger partial charge is 0.133 e. The maximum absolute atomic E-state index is 5.63. The SMILES string of the molecule is CCO[C@H](C)COCc1ccc(Br)c(OCCOC)c1. The van der Waals surface area contributed by atoms with Gasteiger partial charge in [-0.3, -0.25) is 0 Å². The minimum Gasteiger partial charge on any atom is -0.490 e. The van der Waals surface area contributed by atoms with E-state index in [9.17, 15) is 0 Å². The highest BCUT2D eigenvalue weighted by molar-refractivity contribution is 9.10. The van der Waals surface area contributed by atoms with Crippen LogP contribution in [0.2, 0.25) is 0 Å². The maximum atomic E-state index is 5.63. The van der Waals surface area contributed by atoms with Gasteiger partial charge in [0.25, 0.3) is 0 Å². The van der Waals surface area contributed by atoms with Crippen LogP contribution >= 0.6 is 15.9 Å². The average molecular weight is 347 g/mol. The highest BCUT2D eigenvalue weighted by Crippen LogP contribution is 2.26. The van der Waals surface area contributed by atoms with Crippen molar-refractivity contribution in [2.45, 2.75) is 26.6 Å². The summed E-state index contributed by atoms with van der Waals surface area (Å²) >= 11 is 3.47. The van der Waals surface area contributed by atoms with Crippen molar-refractivity contribution >= 4 is 15.9 Å². The van der Waals surface area contributed by atoms with Gasteiger partial charge in [0.15, 0.2) is 0 Å². The summed E-state index contributed by atoms with van der Waals surface area (Å²) in [6.07, 6.45) is 0.118. The lowest BCUT2D eigenvalue weighted by molar-refractivity contribution is -0.00717. The molecule has 114 valence electrons. The van der Waals surface area contributed by atoms with Gasteiger partial charge in [0.2, 0.25) is 0 Å². The summed E-state index contributed by atoms with van der Waals surface area (Å²) in [4.78, 5) is 0. The third-order valence-electron chi connectivity index (χ3n) is 2.61. The predicted molar refractivity (Wildman–Crippen MR) is 82.3 cm³/mol. The zero-order valence-electron chi connectivity index (χ0n) is 12.4. The molecule has 0 heterocycles. The van der Waals surface area contributed by atoms with E-state index in [1.54, 1.807) is 7.11 Å². The molecule has 0 N–H and O–H groups in total. The molecule has 0 radical (unpaired) electrons. The second-order valence-corrected chi connectivity index (χ2v) is 5.24. The molecule has 20 heavy (non-hydrogen) atoms. The van der Waals surface area contributed by atoms with Crippen LogP contribution in [0.4, 0.5) is 0 Å². The molecule has 0 bridgehead atoms. The highest BCUT2D eigenvalue weighted by Gasteiger charge is 2.05. The van der Waals surface area contributed by atoms with E-state index < -0.39 is 0 Å². The molecule has 4 nitrogen and oxygen atoms in total. The second kappa shape index (κ2) is 10.2. The van der Waals surface area contributed by atoms with Crippen LogP contribution in [-0.4, -0.2) is 39.6 Å². The molecule has 5 heteroatoms. The zero-order valence-corrected chi connectivity index (χ0v) is 13.9. The Morgan fingerprint density at radius 2 is 2.05 bits per heavy atom. The van der Waals surface area contributed by atoms with E-state index in [2.05, 4.69) is 15.9 Å². The van der Waals surface area contributed by atoms with Crippen molar-refractivity contribution < 1.29 is 18.9 Å². The monoisotopic (exact) mass is 346 g/mol. The van der Waals surface area contributed by atoms with Gasteiger partial charge in [-0.25, -0.2) is 0 Å². The lowest BCUT2D eigenvalue weighted by Gasteiger charge is -2.13. The Hall–Kier alpha value is -0.620. The number of benzene rings is 1. The molecule has 0 aliphatic heterocycles. The molecule has 0 fully saturated rings. The zero-order chi connectivity index (χ0) is 14.8. The van der Waals surface area contributed by atoms with Crippen LogP contribution < -0.4 is 4.74 Å². The van der Waals surface area contributed by atoms with E-state index in [4.69, 9.17) is 18.9 Å². The van der Waals surface area contributed by atoms with Gasteiger partial charge in [-0.2, -0.15) is 0 Å². The Bertz CT molecular complexity index is 384. The van der Waals surface area contributed by atoms with Crippen molar-refractivity contribution in [1.82, 2.24) is 0 Å². The number of halogens is 1. The average Bonchev–Trinajstić information content (AvgIpc) is 2.42. The Balaban J connectivity index is 2.43. The van der Waals surface area contributed by atoms with E-state index in [1.165, 1.54) is 0 Å². The van der Waals surface area contributed by atoms with Crippen molar-refractivity contribution in [1.29, 1.82) is 0 Å². The first kappa shape index (κ1) is 17.4. The summed E-state index contributed by atoms with van der Waals surface area (Å²) in [7, 11) is 1.65. The van der Waals surface area contributed by atoms with Gasteiger partial charge in [-0.1, -0.05) is 6.07 Å². The molecule has 1 atom stereocenters. The van der Waals surface area contributed by atoms with Crippen molar-refractivity contribution in [3.63, 3.8) is 0 Å². The van der Waals surface area contributed by atoms with Crippen LogP contribution in [0.15, 0.2) is 22.7 Å². The molecule has 0 aliphatic rings. The minimum atomic E-state index is 0.118. The van der Waals surface area contributed by atoms with Crippen molar-refractivity contribution in [2.24, 2.45) is 0 Å². The summed E-state index contributed by atoms with van der Waals surface area (Å²) in [5.41, 5.74) is 1.07. The molecule has 0 saturated carbocycles. The molecular weight excluding hydrogens is 324 g/mol. The molecule has 0 aliphatic carbocycles. The van der Waals surface area contributed by atoms with Crippen LogP contribution in [-0.2, 0) is 20.8 Å². The Kier molecular flexibility index (Phi) is 8.85. The fraction of sp³-hybridized carbons (Fsp3) is 0.600. The standard InChI is InChI=1S/C15H23BrO4/c1-4-19-12(2)10-18-11-13-5-6-14(16)15(9-13)20-8-7-17-3/h5-6,9,12H,4,7-8,10-11H2,1-3H3/t12-/m1/s1. The van der Waals surface area contributed by atoms with Crippen molar-refractivity contribution in [3.05, 3.63) is 28.2 Å². The highest BCUT2D eigenvalue weighted by atomic mass is 79.9. The molecule has 0 spiro atoms. The fourth-order valence-electron chi connectivity index (χ4n) is 1.66. The van der Waals surface area contributed by atoms with Gasteiger partial charge in [0.05, 0.1) is 30.4 Å². The van der Waals surface area contributed by atoms with Gasteiger partial charge in [0.1, 0.15) is 12.4 Å². The van der Waals surface area contributed by atoms with Crippen molar-refractivity contribution in [2.75, 3.05) is 33.5 Å². The summed E-state index contributed by atoms with van der Waals surface area (Å²) in [5, 5.41) is 0. The Morgan fingerprint density at radius 3 is 2.75 bits per heavy atom. The largest absolute Gasteiger partial charge is 0.490 e. The normalized spacial score (nSPS) is 12.4. The van der Waals surface area contributed by atoms with E-state index in [-0.39, 0.29) is 6.10 Å². The first-order chi connectivity index (χ1) is 9.67. The van der Waals surface area contributed by atoms with Crippen LogP contribution in [0.3, 0.4) is 0 Å². The van der Waals surface area contributed by atoms with E-state index >= 15 is 0 Å². The topological polar surface area (TPSA) is 36.9 Å². The number of rotatable bonds is 10. The molecule has 0 unspecified atom stereocenters. The third-order valence-corrected chi connectivity index (χ3v) is 3.27. The predicted octanol–water partition coefficient (Wildman–Crippen LogP) is 3.42. The Labute approximate surface area is 129 Å². The first-order valence-corrected chi connectivity index (χ1v) is 7.56. The van der Waals surface area contributed by atoms with E-state index in [0.717, 1.165) is 15.8 Å². The number of hydrogen-bond donors (Lipinski definition) is 0. The molecule has 1 aromatic rings. The van der Waals surface area contributed by atoms with E-state index in [1.807, 2.05) is 32.0 Å². The van der Waals surface area contributed by atoms with Crippen LogP contribution in [0.5, 0.6) is 5.75 Å². The summed E-state index contributed by atoms with van der Waals surface area (Å²) in [5.74, 6) is 0.806. The minimum absolute atomic E-state index is 0.118. The molecule has 1 aromatic carbocycles. The van der Waals surface area contributed by atoms with Gasteiger partial charge in [-0.15, -0.1) is 0 Å². The molecule has 1 rings (SSSR count). The van der Waals surface area contributed by atoms with Gasteiger partial charge < -0.3 is 18.9 Å². The van der Waals surface area contributed by atoms with Crippen molar-refractivity contribution in [3.8, 4) is 5.75 Å². The number of ether oxygens (including phenoxy) is 4. The van der Waals surface area contributed by atoms with Gasteiger partial charge >= 0.3 is 0 Å². The first-order valence-electron chi connectivity index (χ1n) is 6.76. The summed E-state index contributed by atoms with van der Waals surface area (Å²) in [6.45, 7) is 6.93.